The van der Waals surface area contributed by atoms with Crippen LogP contribution in [0.25, 0.3) is 0 Å². The van der Waals surface area contributed by atoms with Gasteiger partial charge in [-0.05, 0) is 31.5 Å². The lowest BCUT2D eigenvalue weighted by Gasteiger charge is -2.28. The van der Waals surface area contributed by atoms with E-state index < -0.39 is 12.0 Å². The van der Waals surface area contributed by atoms with Crippen molar-refractivity contribution < 1.29 is 9.53 Å². The molecule has 160 valence electrons. The molecule has 3 aromatic rings. The van der Waals surface area contributed by atoms with Crippen molar-refractivity contribution in [3.8, 4) is 0 Å². The molecule has 1 unspecified atom stereocenters. The van der Waals surface area contributed by atoms with Gasteiger partial charge in [0.1, 0.15) is 6.04 Å². The lowest BCUT2D eigenvalue weighted by atomic mass is 9.96. The Bertz CT molecular complexity index is 1160. The Hall–Kier alpha value is -2.48. The molecular formula is C22H20Cl2N4O2S. The van der Waals surface area contributed by atoms with Crippen LogP contribution in [0.4, 0.5) is 5.95 Å². The van der Waals surface area contributed by atoms with Crippen LogP contribution in [0.5, 0.6) is 0 Å². The molecule has 0 spiro atoms. The number of allylic oxidation sites excluding steroid dienone is 1. The molecule has 0 saturated carbocycles. The number of carbonyl (C=O) groups is 1. The lowest BCUT2D eigenvalue weighted by molar-refractivity contribution is -0.139. The van der Waals surface area contributed by atoms with Crippen LogP contribution in [0.1, 0.15) is 31.0 Å². The van der Waals surface area contributed by atoms with E-state index in [9.17, 15) is 4.79 Å². The minimum atomic E-state index is -0.550. The predicted molar refractivity (Wildman–Crippen MR) is 124 cm³/mol. The van der Waals surface area contributed by atoms with Crippen LogP contribution in [0, 0.1) is 0 Å². The number of esters is 1. The number of benzene rings is 2. The summed E-state index contributed by atoms with van der Waals surface area (Å²) in [4.78, 5) is 17.4. The van der Waals surface area contributed by atoms with Crippen molar-refractivity contribution in [2.75, 3.05) is 11.9 Å². The Morgan fingerprint density at radius 3 is 2.58 bits per heavy atom. The molecule has 2 heterocycles. The smallest absolute Gasteiger partial charge is 0.338 e. The van der Waals surface area contributed by atoms with E-state index in [2.05, 4.69) is 15.4 Å². The van der Waals surface area contributed by atoms with E-state index in [1.54, 1.807) is 17.7 Å². The monoisotopic (exact) mass is 474 g/mol. The number of ether oxygens (including phenoxy) is 1. The summed E-state index contributed by atoms with van der Waals surface area (Å²) in [5, 5.41) is 9.67. The molecule has 1 aliphatic rings. The quantitative estimate of drug-likeness (QED) is 0.363. The molecule has 1 N–H and O–H groups in total. The number of fused-ring (bicyclic) bond motifs is 1. The Morgan fingerprint density at radius 2 is 1.87 bits per heavy atom. The Morgan fingerprint density at radius 1 is 1.16 bits per heavy atom. The van der Waals surface area contributed by atoms with Crippen molar-refractivity contribution in [2.45, 2.75) is 30.8 Å². The SMILES string of the molecule is CCOC(=O)C1=C(C)Nc2nc(SCc3ccccc3Cl)nn2C1c1ccccc1Cl. The first-order chi connectivity index (χ1) is 15.0. The average molecular weight is 475 g/mol. The van der Waals surface area contributed by atoms with Crippen LogP contribution >= 0.6 is 35.0 Å². The summed E-state index contributed by atoms with van der Waals surface area (Å²) < 4.78 is 7.01. The van der Waals surface area contributed by atoms with E-state index in [-0.39, 0.29) is 6.61 Å². The summed E-state index contributed by atoms with van der Waals surface area (Å²) in [5.41, 5.74) is 2.86. The van der Waals surface area contributed by atoms with Crippen LogP contribution in [0.3, 0.4) is 0 Å². The van der Waals surface area contributed by atoms with E-state index in [1.165, 1.54) is 11.8 Å². The molecule has 1 atom stereocenters. The van der Waals surface area contributed by atoms with E-state index in [0.717, 1.165) is 11.1 Å². The predicted octanol–water partition coefficient (Wildman–Crippen LogP) is 5.73. The van der Waals surface area contributed by atoms with Crippen molar-refractivity contribution in [3.63, 3.8) is 0 Å². The minimum absolute atomic E-state index is 0.272. The summed E-state index contributed by atoms with van der Waals surface area (Å²) in [6, 6.07) is 14.5. The second-order valence-corrected chi connectivity index (χ2v) is 8.61. The second-order valence-electron chi connectivity index (χ2n) is 6.85. The van der Waals surface area contributed by atoms with Gasteiger partial charge in [-0.3, -0.25) is 0 Å². The van der Waals surface area contributed by atoms with Crippen LogP contribution in [-0.2, 0) is 15.3 Å². The van der Waals surface area contributed by atoms with Gasteiger partial charge in [-0.25, -0.2) is 9.48 Å². The molecule has 0 fully saturated rings. The third kappa shape index (κ3) is 4.44. The standard InChI is InChI=1S/C22H20Cl2N4O2S/c1-3-30-20(29)18-13(2)25-21-26-22(31-12-14-8-4-6-10-16(14)23)27-28(21)19(18)15-9-5-7-11-17(15)24/h4-11,19H,3,12H2,1-2H3,(H,25,26,27). The third-order valence-electron chi connectivity index (χ3n) is 4.84. The fraction of sp³-hybridized carbons (Fsp3) is 0.227. The molecule has 0 radical (unpaired) electrons. The highest BCUT2D eigenvalue weighted by molar-refractivity contribution is 7.98. The Kier molecular flexibility index (Phi) is 6.55. The van der Waals surface area contributed by atoms with Gasteiger partial charge < -0.3 is 10.1 Å². The number of nitrogens with zero attached hydrogens (tertiary/aromatic N) is 3. The number of hydrogen-bond donors (Lipinski definition) is 1. The molecule has 2 aromatic carbocycles. The molecule has 1 aliphatic heterocycles. The Labute approximate surface area is 194 Å². The summed E-state index contributed by atoms with van der Waals surface area (Å²) >= 11 is 14.2. The summed E-state index contributed by atoms with van der Waals surface area (Å²) in [5.74, 6) is 0.748. The van der Waals surface area contributed by atoms with Crippen molar-refractivity contribution in [1.29, 1.82) is 0 Å². The summed E-state index contributed by atoms with van der Waals surface area (Å²) in [6.07, 6.45) is 0. The maximum Gasteiger partial charge on any atom is 0.338 e. The second kappa shape index (κ2) is 9.34. The third-order valence-corrected chi connectivity index (χ3v) is 6.44. The molecule has 9 heteroatoms. The van der Waals surface area contributed by atoms with Gasteiger partial charge >= 0.3 is 5.97 Å². The molecule has 31 heavy (non-hydrogen) atoms. The molecular weight excluding hydrogens is 455 g/mol. The molecule has 4 rings (SSSR count). The maximum atomic E-state index is 12.8. The zero-order valence-corrected chi connectivity index (χ0v) is 19.3. The first-order valence-electron chi connectivity index (χ1n) is 9.71. The van der Waals surface area contributed by atoms with Crippen molar-refractivity contribution >= 4 is 46.9 Å². The fourth-order valence-electron chi connectivity index (χ4n) is 3.41. The van der Waals surface area contributed by atoms with Gasteiger partial charge in [-0.1, -0.05) is 71.4 Å². The number of anilines is 1. The van der Waals surface area contributed by atoms with Gasteiger partial charge in [-0.15, -0.1) is 5.10 Å². The number of hydrogen-bond acceptors (Lipinski definition) is 6. The number of nitrogens with one attached hydrogen (secondary N) is 1. The average Bonchev–Trinajstić information content (AvgIpc) is 3.15. The van der Waals surface area contributed by atoms with Crippen LogP contribution in [0.2, 0.25) is 10.0 Å². The molecule has 0 saturated heterocycles. The summed E-state index contributed by atoms with van der Waals surface area (Å²) in [6.45, 7) is 3.87. The highest BCUT2D eigenvalue weighted by Crippen LogP contribution is 2.39. The minimum Gasteiger partial charge on any atom is -0.463 e. The first kappa shape index (κ1) is 21.7. The van der Waals surface area contributed by atoms with Crippen LogP contribution in [0.15, 0.2) is 65.0 Å². The fourth-order valence-corrected chi connectivity index (χ4v) is 4.76. The number of thioether (sulfide) groups is 1. The molecule has 6 nitrogen and oxygen atoms in total. The first-order valence-corrected chi connectivity index (χ1v) is 11.5. The van der Waals surface area contributed by atoms with Gasteiger partial charge in [0.25, 0.3) is 0 Å². The number of halogens is 2. The topological polar surface area (TPSA) is 69.0 Å². The molecule has 1 aromatic heterocycles. The van der Waals surface area contributed by atoms with Crippen molar-refractivity contribution in [2.24, 2.45) is 0 Å². The van der Waals surface area contributed by atoms with Crippen LogP contribution in [-0.4, -0.2) is 27.3 Å². The zero-order chi connectivity index (χ0) is 22.0. The molecule has 0 bridgehead atoms. The van der Waals surface area contributed by atoms with Crippen molar-refractivity contribution in [3.05, 3.63) is 81.0 Å². The normalized spacial score (nSPS) is 15.4. The van der Waals surface area contributed by atoms with Gasteiger partial charge in [0.05, 0.1) is 12.2 Å². The Balaban J connectivity index is 1.72. The van der Waals surface area contributed by atoms with Gasteiger partial charge in [0, 0.05) is 27.1 Å². The largest absolute Gasteiger partial charge is 0.463 e. The van der Waals surface area contributed by atoms with E-state index in [1.807, 2.05) is 49.4 Å². The maximum absolute atomic E-state index is 12.8. The van der Waals surface area contributed by atoms with E-state index in [4.69, 9.17) is 27.9 Å². The number of aromatic nitrogens is 3. The highest BCUT2D eigenvalue weighted by atomic mass is 35.5. The van der Waals surface area contributed by atoms with Gasteiger partial charge in [0.15, 0.2) is 0 Å². The summed E-state index contributed by atoms with van der Waals surface area (Å²) in [7, 11) is 0. The van der Waals surface area contributed by atoms with E-state index in [0.29, 0.717) is 38.2 Å². The highest BCUT2D eigenvalue weighted by Gasteiger charge is 2.36. The van der Waals surface area contributed by atoms with Gasteiger partial charge in [0.2, 0.25) is 11.1 Å². The molecule has 0 amide bonds. The van der Waals surface area contributed by atoms with Gasteiger partial charge in [-0.2, -0.15) is 4.98 Å². The lowest BCUT2D eigenvalue weighted by Crippen LogP contribution is -2.29. The number of carbonyl (C=O) groups excluding carboxylic acids is 1. The van der Waals surface area contributed by atoms with Crippen molar-refractivity contribution in [1.82, 2.24) is 14.8 Å². The number of rotatable bonds is 6. The van der Waals surface area contributed by atoms with Crippen LogP contribution < -0.4 is 5.32 Å². The van der Waals surface area contributed by atoms with E-state index >= 15 is 0 Å². The molecule has 0 aliphatic carbocycles. The zero-order valence-electron chi connectivity index (χ0n) is 16.9.